The molecule has 0 unspecified atom stereocenters. The highest BCUT2D eigenvalue weighted by atomic mass is 32.2. The molecule has 5 nitrogen and oxygen atoms in total. The lowest BCUT2D eigenvalue weighted by Gasteiger charge is -2.08. The first kappa shape index (κ1) is 16.4. The van der Waals surface area contributed by atoms with Crippen molar-refractivity contribution in [2.45, 2.75) is 26.0 Å². The van der Waals surface area contributed by atoms with E-state index in [4.69, 9.17) is 4.42 Å². The van der Waals surface area contributed by atoms with E-state index in [0.29, 0.717) is 17.8 Å². The summed E-state index contributed by atoms with van der Waals surface area (Å²) in [5.41, 5.74) is 6.36. The van der Waals surface area contributed by atoms with Gasteiger partial charge in [0.05, 0.1) is 0 Å². The lowest BCUT2D eigenvalue weighted by Crippen LogP contribution is -2.42. The van der Waals surface area contributed by atoms with Gasteiger partial charge in [-0.05, 0) is 18.2 Å². The molecule has 0 aliphatic rings. The summed E-state index contributed by atoms with van der Waals surface area (Å²) in [6.07, 6.45) is 2.33. The molecule has 0 atom stereocenters. The number of para-hydroxylation sites is 1. The minimum absolute atomic E-state index is 0.217. The molecule has 0 fully saturated rings. The number of amides is 2. The summed E-state index contributed by atoms with van der Waals surface area (Å²) >= 11 is 1.61. The zero-order valence-corrected chi connectivity index (χ0v) is 13.8. The summed E-state index contributed by atoms with van der Waals surface area (Å²) in [6, 6.07) is 7.53. The minimum atomic E-state index is -0.433. The van der Waals surface area contributed by atoms with Gasteiger partial charge in [0, 0.05) is 23.1 Å². The molecule has 0 saturated heterocycles. The minimum Gasteiger partial charge on any atom is -0.451 e. The van der Waals surface area contributed by atoms with Crippen LogP contribution in [0, 0.1) is 5.92 Å². The molecule has 0 radical (unpaired) electrons. The Kier molecular flexibility index (Phi) is 5.49. The van der Waals surface area contributed by atoms with Gasteiger partial charge in [-0.25, -0.2) is 0 Å². The van der Waals surface area contributed by atoms with Crippen LogP contribution in [0.25, 0.3) is 11.0 Å². The predicted molar refractivity (Wildman–Crippen MR) is 88.5 cm³/mol. The van der Waals surface area contributed by atoms with Gasteiger partial charge >= 0.3 is 5.91 Å². The summed E-state index contributed by atoms with van der Waals surface area (Å²) in [6.45, 7) is 3.88. The Morgan fingerprint density at radius 1 is 1.23 bits per heavy atom. The number of benzene rings is 1. The standard InChI is InChI=1S/C16H20N2O3S/c1-10(2)8-14(19)17-18-16(20)15-12(9-22-3)11-6-4-5-7-13(11)21-15/h4-7,10H,8-9H2,1-3H3,(H,17,19)(H,18,20). The summed E-state index contributed by atoms with van der Waals surface area (Å²) in [7, 11) is 0. The summed E-state index contributed by atoms with van der Waals surface area (Å²) in [5, 5.41) is 0.926. The molecule has 0 spiro atoms. The Labute approximate surface area is 133 Å². The molecule has 6 heteroatoms. The van der Waals surface area contributed by atoms with E-state index in [1.165, 1.54) is 0 Å². The van der Waals surface area contributed by atoms with Crippen LogP contribution in [-0.2, 0) is 10.5 Å². The quantitative estimate of drug-likeness (QED) is 0.831. The van der Waals surface area contributed by atoms with Crippen LogP contribution in [0.4, 0.5) is 0 Å². The van der Waals surface area contributed by atoms with Crippen LogP contribution in [0.3, 0.4) is 0 Å². The zero-order chi connectivity index (χ0) is 16.1. The predicted octanol–water partition coefficient (Wildman–Crippen LogP) is 3.10. The van der Waals surface area contributed by atoms with Crippen molar-refractivity contribution < 1.29 is 14.0 Å². The number of fused-ring (bicyclic) bond motifs is 1. The summed E-state index contributed by atoms with van der Waals surface area (Å²) in [5.74, 6) is 0.499. The topological polar surface area (TPSA) is 71.3 Å². The van der Waals surface area contributed by atoms with Crippen molar-refractivity contribution in [1.82, 2.24) is 10.9 Å². The number of furan rings is 1. The van der Waals surface area contributed by atoms with E-state index < -0.39 is 5.91 Å². The molecule has 2 amide bonds. The van der Waals surface area contributed by atoms with Gasteiger partial charge in [-0.1, -0.05) is 32.0 Å². The van der Waals surface area contributed by atoms with Crippen molar-refractivity contribution in [2.75, 3.05) is 6.26 Å². The van der Waals surface area contributed by atoms with E-state index in [0.717, 1.165) is 10.9 Å². The van der Waals surface area contributed by atoms with Gasteiger partial charge in [-0.15, -0.1) is 0 Å². The van der Waals surface area contributed by atoms with Gasteiger partial charge in [0.2, 0.25) is 5.91 Å². The average molecular weight is 320 g/mol. The SMILES string of the molecule is CSCc1c(C(=O)NNC(=O)CC(C)C)oc2ccccc12. The third kappa shape index (κ3) is 3.82. The normalized spacial score (nSPS) is 10.9. The van der Waals surface area contributed by atoms with Crippen molar-refractivity contribution in [1.29, 1.82) is 0 Å². The van der Waals surface area contributed by atoms with Crippen molar-refractivity contribution in [2.24, 2.45) is 5.92 Å². The molecule has 0 aliphatic heterocycles. The van der Waals surface area contributed by atoms with E-state index >= 15 is 0 Å². The fourth-order valence-corrected chi connectivity index (χ4v) is 2.75. The maximum Gasteiger partial charge on any atom is 0.305 e. The Morgan fingerprint density at radius 3 is 2.64 bits per heavy atom. The van der Waals surface area contributed by atoms with Crippen LogP contribution >= 0.6 is 11.8 Å². The Hall–Kier alpha value is -1.95. The lowest BCUT2D eigenvalue weighted by molar-refractivity contribution is -0.122. The molecule has 118 valence electrons. The average Bonchev–Trinajstić information content (AvgIpc) is 2.84. The van der Waals surface area contributed by atoms with Crippen molar-refractivity contribution in [3.8, 4) is 0 Å². The van der Waals surface area contributed by atoms with Crippen LogP contribution in [-0.4, -0.2) is 18.1 Å². The van der Waals surface area contributed by atoms with E-state index in [9.17, 15) is 9.59 Å². The fraction of sp³-hybridized carbons (Fsp3) is 0.375. The third-order valence-electron chi connectivity index (χ3n) is 3.10. The Bertz CT molecular complexity index is 679. The molecule has 2 N–H and O–H groups in total. The molecule has 1 aromatic heterocycles. The molecule has 0 aliphatic carbocycles. The van der Waals surface area contributed by atoms with E-state index in [-0.39, 0.29) is 17.6 Å². The monoisotopic (exact) mass is 320 g/mol. The van der Waals surface area contributed by atoms with Gasteiger partial charge in [-0.2, -0.15) is 11.8 Å². The molecule has 2 rings (SSSR count). The van der Waals surface area contributed by atoms with Crippen LogP contribution in [0.5, 0.6) is 0 Å². The number of carbonyl (C=O) groups excluding carboxylic acids is 2. The van der Waals surface area contributed by atoms with Gasteiger partial charge in [0.15, 0.2) is 5.76 Å². The first-order chi connectivity index (χ1) is 10.5. The first-order valence-corrected chi connectivity index (χ1v) is 8.50. The second kappa shape index (κ2) is 7.35. The fourth-order valence-electron chi connectivity index (χ4n) is 2.17. The molecule has 2 aromatic rings. The van der Waals surface area contributed by atoms with Crippen LogP contribution in [0.15, 0.2) is 28.7 Å². The molecule has 1 heterocycles. The Morgan fingerprint density at radius 2 is 1.95 bits per heavy atom. The molecule has 0 saturated carbocycles. The highest BCUT2D eigenvalue weighted by Gasteiger charge is 2.20. The van der Waals surface area contributed by atoms with Gasteiger partial charge in [-0.3, -0.25) is 20.4 Å². The second-order valence-corrected chi connectivity index (χ2v) is 6.31. The molecular weight excluding hydrogens is 300 g/mol. The number of rotatable bonds is 5. The van der Waals surface area contributed by atoms with Crippen LogP contribution in [0.1, 0.15) is 36.4 Å². The maximum atomic E-state index is 12.3. The summed E-state index contributed by atoms with van der Waals surface area (Å²) in [4.78, 5) is 23.9. The molecular formula is C16H20N2O3S. The Balaban J connectivity index is 2.17. The first-order valence-electron chi connectivity index (χ1n) is 7.11. The van der Waals surface area contributed by atoms with Gasteiger partial charge < -0.3 is 4.42 Å². The number of nitrogens with one attached hydrogen (secondary N) is 2. The molecule has 1 aromatic carbocycles. The smallest absolute Gasteiger partial charge is 0.305 e. The van der Waals surface area contributed by atoms with Crippen molar-refractivity contribution >= 4 is 34.5 Å². The summed E-state index contributed by atoms with van der Waals surface area (Å²) < 4.78 is 5.65. The van der Waals surface area contributed by atoms with Crippen LogP contribution < -0.4 is 10.9 Å². The largest absolute Gasteiger partial charge is 0.451 e. The molecule has 22 heavy (non-hydrogen) atoms. The molecule has 0 bridgehead atoms. The highest BCUT2D eigenvalue weighted by molar-refractivity contribution is 7.97. The number of hydrogen-bond acceptors (Lipinski definition) is 4. The van der Waals surface area contributed by atoms with Gasteiger partial charge in [0.1, 0.15) is 5.58 Å². The zero-order valence-electron chi connectivity index (χ0n) is 12.9. The van der Waals surface area contributed by atoms with Crippen molar-refractivity contribution in [3.05, 3.63) is 35.6 Å². The second-order valence-electron chi connectivity index (χ2n) is 5.44. The van der Waals surface area contributed by atoms with Crippen molar-refractivity contribution in [3.63, 3.8) is 0 Å². The van der Waals surface area contributed by atoms with E-state index in [1.807, 2.05) is 44.4 Å². The maximum absolute atomic E-state index is 12.3. The number of hydrazine groups is 1. The number of thioether (sulfide) groups is 1. The number of hydrogen-bond donors (Lipinski definition) is 2. The van der Waals surface area contributed by atoms with Crippen LogP contribution in [0.2, 0.25) is 0 Å². The van der Waals surface area contributed by atoms with E-state index in [2.05, 4.69) is 10.9 Å². The number of carbonyl (C=O) groups is 2. The van der Waals surface area contributed by atoms with E-state index in [1.54, 1.807) is 11.8 Å². The third-order valence-corrected chi connectivity index (χ3v) is 3.68. The van der Waals surface area contributed by atoms with Gasteiger partial charge in [0.25, 0.3) is 0 Å². The lowest BCUT2D eigenvalue weighted by atomic mass is 10.1. The highest BCUT2D eigenvalue weighted by Crippen LogP contribution is 2.28.